The van der Waals surface area contributed by atoms with Crippen molar-refractivity contribution < 1.29 is 19.5 Å². The van der Waals surface area contributed by atoms with Gasteiger partial charge in [0.2, 0.25) is 5.91 Å². The first kappa shape index (κ1) is 17.0. The van der Waals surface area contributed by atoms with Crippen LogP contribution in [0.15, 0.2) is 0 Å². The van der Waals surface area contributed by atoms with E-state index >= 15 is 0 Å². The molecule has 0 aromatic heterocycles. The van der Waals surface area contributed by atoms with E-state index in [4.69, 9.17) is 0 Å². The molecule has 0 radical (unpaired) electrons. The van der Waals surface area contributed by atoms with Gasteiger partial charge in [-0.05, 0) is 44.9 Å². The second kappa shape index (κ2) is 7.40. The molecule has 134 valence electrons. The number of nitrogens with zero attached hydrogens (tertiary/aromatic N) is 3. The van der Waals surface area contributed by atoms with E-state index in [1.54, 1.807) is 9.80 Å². The number of urea groups is 1. The van der Waals surface area contributed by atoms with E-state index in [0.717, 1.165) is 51.6 Å². The minimum Gasteiger partial charge on any atom is -0.480 e. The smallest absolute Gasteiger partial charge is 0.326 e. The second-order valence-corrected chi connectivity index (χ2v) is 7.14. The van der Waals surface area contributed by atoms with Crippen molar-refractivity contribution in [3.63, 3.8) is 0 Å². The molecule has 3 fully saturated rings. The molecule has 2 atom stereocenters. The summed E-state index contributed by atoms with van der Waals surface area (Å²) in [5.74, 6) is -1.25. The van der Waals surface area contributed by atoms with E-state index in [-0.39, 0.29) is 17.9 Å². The van der Waals surface area contributed by atoms with Crippen molar-refractivity contribution in [2.24, 2.45) is 5.92 Å². The molecule has 3 aliphatic heterocycles. The summed E-state index contributed by atoms with van der Waals surface area (Å²) in [4.78, 5) is 42.1. The Morgan fingerprint density at radius 3 is 2.17 bits per heavy atom. The monoisotopic (exact) mass is 337 g/mol. The largest absolute Gasteiger partial charge is 0.480 e. The third kappa shape index (κ3) is 3.49. The van der Waals surface area contributed by atoms with Crippen molar-refractivity contribution >= 4 is 17.9 Å². The minimum absolute atomic E-state index is 0.0402. The average molecular weight is 337 g/mol. The first-order valence-electron chi connectivity index (χ1n) is 9.15. The quantitative estimate of drug-likeness (QED) is 0.825. The Kier molecular flexibility index (Phi) is 5.26. The molecule has 0 aromatic carbocycles. The van der Waals surface area contributed by atoms with Gasteiger partial charge in [0, 0.05) is 32.7 Å². The summed E-state index contributed by atoms with van der Waals surface area (Å²) < 4.78 is 0. The lowest BCUT2D eigenvalue weighted by Gasteiger charge is -2.39. The molecule has 2 unspecified atom stereocenters. The lowest BCUT2D eigenvalue weighted by molar-refractivity contribution is -0.154. The zero-order valence-corrected chi connectivity index (χ0v) is 14.2. The lowest BCUT2D eigenvalue weighted by Crippen LogP contribution is -2.54. The molecule has 7 nitrogen and oxygen atoms in total. The summed E-state index contributed by atoms with van der Waals surface area (Å²) in [7, 11) is 0. The van der Waals surface area contributed by atoms with Crippen LogP contribution in [-0.4, -0.2) is 76.5 Å². The fraction of sp³-hybridized carbons (Fsp3) is 0.824. The molecule has 3 aliphatic rings. The Labute approximate surface area is 142 Å². The van der Waals surface area contributed by atoms with Crippen molar-refractivity contribution in [3.8, 4) is 0 Å². The van der Waals surface area contributed by atoms with E-state index < -0.39 is 12.0 Å². The molecule has 0 aliphatic carbocycles. The van der Waals surface area contributed by atoms with E-state index in [1.165, 1.54) is 0 Å². The maximum Gasteiger partial charge on any atom is 0.326 e. The molecule has 3 heterocycles. The van der Waals surface area contributed by atoms with Gasteiger partial charge in [0.05, 0.1) is 5.92 Å². The van der Waals surface area contributed by atoms with Crippen LogP contribution in [-0.2, 0) is 9.59 Å². The zero-order chi connectivity index (χ0) is 17.1. The fourth-order valence-corrected chi connectivity index (χ4v) is 4.15. The lowest BCUT2D eigenvalue weighted by atomic mass is 9.93. The summed E-state index contributed by atoms with van der Waals surface area (Å²) in [6.45, 7) is 3.26. The Balaban J connectivity index is 1.63. The van der Waals surface area contributed by atoms with Crippen LogP contribution in [0.2, 0.25) is 0 Å². The summed E-state index contributed by atoms with van der Waals surface area (Å²) in [5.41, 5.74) is 0. The summed E-state index contributed by atoms with van der Waals surface area (Å²) in [6.07, 6.45) is 5.90. The first-order chi connectivity index (χ1) is 11.6. The summed E-state index contributed by atoms with van der Waals surface area (Å²) in [5, 5.41) is 9.37. The number of carboxylic acid groups (broad SMARTS) is 1. The number of carbonyl (C=O) groups excluding carboxylic acids is 2. The summed E-state index contributed by atoms with van der Waals surface area (Å²) in [6, 6.07) is -0.658. The molecule has 24 heavy (non-hydrogen) atoms. The first-order valence-corrected chi connectivity index (χ1v) is 9.15. The predicted molar refractivity (Wildman–Crippen MR) is 87.5 cm³/mol. The van der Waals surface area contributed by atoms with E-state index in [1.807, 2.05) is 4.90 Å². The van der Waals surface area contributed by atoms with Crippen molar-refractivity contribution in [2.75, 3.05) is 32.7 Å². The van der Waals surface area contributed by atoms with Gasteiger partial charge in [-0.3, -0.25) is 4.79 Å². The van der Waals surface area contributed by atoms with E-state index in [9.17, 15) is 19.5 Å². The molecular weight excluding hydrogens is 310 g/mol. The number of aliphatic carboxylic acids is 1. The van der Waals surface area contributed by atoms with Crippen LogP contribution in [0, 0.1) is 5.92 Å². The number of hydrogen-bond donors (Lipinski definition) is 1. The number of carboxylic acids is 1. The van der Waals surface area contributed by atoms with Gasteiger partial charge in [-0.15, -0.1) is 0 Å². The van der Waals surface area contributed by atoms with Crippen LogP contribution in [0.4, 0.5) is 4.79 Å². The van der Waals surface area contributed by atoms with Gasteiger partial charge in [0.1, 0.15) is 6.04 Å². The van der Waals surface area contributed by atoms with Gasteiger partial charge >= 0.3 is 12.0 Å². The zero-order valence-electron chi connectivity index (χ0n) is 14.2. The van der Waals surface area contributed by atoms with Crippen molar-refractivity contribution in [1.29, 1.82) is 0 Å². The average Bonchev–Trinajstić information content (AvgIpc) is 3.15. The van der Waals surface area contributed by atoms with Gasteiger partial charge in [-0.2, -0.15) is 0 Å². The maximum atomic E-state index is 12.9. The third-order valence-corrected chi connectivity index (χ3v) is 5.49. The molecule has 3 saturated heterocycles. The Morgan fingerprint density at radius 1 is 0.792 bits per heavy atom. The molecule has 3 rings (SSSR count). The van der Waals surface area contributed by atoms with Gasteiger partial charge < -0.3 is 19.8 Å². The normalized spacial score (nSPS) is 28.1. The highest BCUT2D eigenvalue weighted by Gasteiger charge is 2.38. The van der Waals surface area contributed by atoms with E-state index in [2.05, 4.69) is 0 Å². The molecular formula is C17H27N3O4. The number of piperidine rings is 2. The number of hydrogen-bond acceptors (Lipinski definition) is 3. The van der Waals surface area contributed by atoms with Gasteiger partial charge in [0.25, 0.3) is 0 Å². The maximum absolute atomic E-state index is 12.9. The Morgan fingerprint density at radius 2 is 1.46 bits per heavy atom. The van der Waals surface area contributed by atoms with Crippen LogP contribution < -0.4 is 0 Å². The topological polar surface area (TPSA) is 81.2 Å². The second-order valence-electron chi connectivity index (χ2n) is 7.14. The van der Waals surface area contributed by atoms with Crippen molar-refractivity contribution in [1.82, 2.24) is 14.7 Å². The molecule has 0 bridgehead atoms. The van der Waals surface area contributed by atoms with Gasteiger partial charge in [-0.25, -0.2) is 9.59 Å². The van der Waals surface area contributed by atoms with Crippen LogP contribution in [0.3, 0.4) is 0 Å². The summed E-state index contributed by atoms with van der Waals surface area (Å²) >= 11 is 0. The molecule has 0 aromatic rings. The third-order valence-electron chi connectivity index (χ3n) is 5.49. The number of rotatable bonds is 2. The molecule has 3 amide bonds. The number of amides is 3. The van der Waals surface area contributed by atoms with Crippen LogP contribution in [0.5, 0.6) is 0 Å². The SMILES string of the molecule is O=C(O)C1CCCCN1C(=O)C1CCCN(C(=O)N2CCCC2)C1. The Hall–Kier alpha value is -1.79. The van der Waals surface area contributed by atoms with Gasteiger partial charge in [-0.1, -0.05) is 0 Å². The molecule has 1 N–H and O–H groups in total. The standard InChI is InChI=1S/C17H27N3O4/c21-15(20-11-2-1-7-14(20)16(22)23)13-6-5-10-19(12-13)17(24)18-8-3-4-9-18/h13-14H,1-12H2,(H,22,23). The Bertz CT molecular complexity index is 504. The highest BCUT2D eigenvalue weighted by molar-refractivity contribution is 5.86. The highest BCUT2D eigenvalue weighted by Crippen LogP contribution is 2.25. The number of carbonyl (C=O) groups is 3. The molecule has 0 spiro atoms. The van der Waals surface area contributed by atoms with E-state index in [0.29, 0.717) is 26.1 Å². The van der Waals surface area contributed by atoms with Gasteiger partial charge in [0.15, 0.2) is 0 Å². The van der Waals surface area contributed by atoms with Crippen LogP contribution in [0.25, 0.3) is 0 Å². The molecule has 7 heteroatoms. The minimum atomic E-state index is -0.913. The predicted octanol–water partition coefficient (Wildman–Crippen LogP) is 1.38. The van der Waals surface area contributed by atoms with Crippen molar-refractivity contribution in [3.05, 3.63) is 0 Å². The van der Waals surface area contributed by atoms with Crippen LogP contribution in [0.1, 0.15) is 44.9 Å². The number of likely N-dealkylation sites (tertiary alicyclic amines) is 3. The fourth-order valence-electron chi connectivity index (χ4n) is 4.15. The van der Waals surface area contributed by atoms with Crippen molar-refractivity contribution in [2.45, 2.75) is 51.0 Å². The van der Waals surface area contributed by atoms with Crippen LogP contribution >= 0.6 is 0 Å². The highest BCUT2D eigenvalue weighted by atomic mass is 16.4. The molecule has 0 saturated carbocycles.